The van der Waals surface area contributed by atoms with E-state index >= 15 is 0 Å². The number of sulfone groups is 2. The van der Waals surface area contributed by atoms with Crippen LogP contribution in [0.25, 0.3) is 0 Å². The van der Waals surface area contributed by atoms with E-state index in [0.717, 1.165) is 18.2 Å². The number of benzene rings is 2. The zero-order valence-corrected chi connectivity index (χ0v) is 20.8. The molecule has 0 saturated heterocycles. The van der Waals surface area contributed by atoms with E-state index in [1.807, 2.05) is 4.74 Å². The first-order valence-corrected chi connectivity index (χ1v) is 13.7. The molecule has 0 bridgehead atoms. The van der Waals surface area contributed by atoms with Crippen LogP contribution in [0.15, 0.2) is 57.2 Å². The summed E-state index contributed by atoms with van der Waals surface area (Å²) in [4.78, 5) is -3.83. The first-order chi connectivity index (χ1) is 16.3. The molecule has 1 N–H and O–H groups in total. The predicted octanol–water partition coefficient (Wildman–Crippen LogP) is 4.88. The average molecular weight is 647 g/mol. The number of alkyl halides is 8. The quantitative estimate of drug-likeness (QED) is 0.301. The fourth-order valence-corrected chi connectivity index (χ4v) is 6.04. The van der Waals surface area contributed by atoms with Crippen molar-refractivity contribution in [2.75, 3.05) is 0 Å². The Labute approximate surface area is 212 Å². The van der Waals surface area contributed by atoms with Crippen molar-refractivity contribution in [1.82, 2.24) is 0 Å². The van der Waals surface area contributed by atoms with Crippen molar-refractivity contribution in [2.45, 2.75) is 37.4 Å². The lowest BCUT2D eigenvalue weighted by Gasteiger charge is -2.31. The molecule has 0 fully saturated rings. The summed E-state index contributed by atoms with van der Waals surface area (Å²) in [6.07, 6.45) is -14.2. The molecular weight excluding hydrogens is 639 g/mol. The second kappa shape index (κ2) is 9.45. The summed E-state index contributed by atoms with van der Waals surface area (Å²) in [5, 5.41) is -14.4. The molecule has 2 aromatic rings. The maximum absolute atomic E-state index is 14.3. The number of halogens is 10. The van der Waals surface area contributed by atoms with E-state index in [2.05, 4.69) is 0 Å². The first kappa shape index (κ1) is 31.4. The van der Waals surface area contributed by atoms with Gasteiger partial charge in [-0.15, -0.1) is 0 Å². The minimum atomic E-state index is -7.24. The Balaban J connectivity index is 2.60. The molecule has 8 nitrogen and oxygen atoms in total. The second-order valence-electron chi connectivity index (χ2n) is 6.70. The topological polar surface area (TPSA) is 132 Å². The van der Waals surface area contributed by atoms with Crippen LogP contribution in [0.1, 0.15) is 0 Å². The lowest BCUT2D eigenvalue weighted by molar-refractivity contribution is -0.442. The highest BCUT2D eigenvalue weighted by Gasteiger charge is 2.77. The molecular formula is C16H8Cl2F8O8S3. The average Bonchev–Trinajstić information content (AvgIpc) is 2.71. The molecule has 0 aliphatic heterocycles. The Morgan fingerprint density at radius 2 is 1.19 bits per heavy atom. The van der Waals surface area contributed by atoms with Crippen molar-refractivity contribution in [3.05, 3.63) is 52.5 Å². The number of hydrogen-bond acceptors (Lipinski definition) is 7. The van der Waals surface area contributed by atoms with E-state index in [9.17, 15) is 60.4 Å². The minimum Gasteiger partial charge on any atom is -0.281 e. The summed E-state index contributed by atoms with van der Waals surface area (Å²) < 4.78 is 190. The Morgan fingerprint density at radius 1 is 0.703 bits per heavy atom. The van der Waals surface area contributed by atoms with Gasteiger partial charge in [0.25, 0.3) is 9.84 Å². The van der Waals surface area contributed by atoms with Crippen molar-refractivity contribution >= 4 is 53.0 Å². The van der Waals surface area contributed by atoms with Crippen molar-refractivity contribution in [2.24, 2.45) is 0 Å². The van der Waals surface area contributed by atoms with Crippen LogP contribution >= 0.6 is 23.2 Å². The lowest BCUT2D eigenvalue weighted by Crippen LogP contribution is -2.57. The van der Waals surface area contributed by atoms with E-state index in [1.54, 1.807) is 0 Å². The van der Waals surface area contributed by atoms with Gasteiger partial charge in [0.05, 0.1) is 19.7 Å². The summed E-state index contributed by atoms with van der Waals surface area (Å²) >= 11 is 11.4. The van der Waals surface area contributed by atoms with Crippen molar-refractivity contribution in [1.29, 1.82) is 0 Å². The van der Waals surface area contributed by atoms with E-state index < -0.39 is 72.2 Å². The standard InChI is InChI=1S/C16H8Cl2F8O8S3/c17-8-4-5-12(11(18)6-8)35(27,28)9-2-1-3-10(7-9)36(29,30)15(23,24)13(19,20)34-14(21,22)16(25,26)37(31,32)33/h1-7H,(H,31,32,33). The Morgan fingerprint density at radius 3 is 1.68 bits per heavy atom. The van der Waals surface area contributed by atoms with E-state index in [1.165, 1.54) is 0 Å². The van der Waals surface area contributed by atoms with Gasteiger partial charge in [0, 0.05) is 5.02 Å². The summed E-state index contributed by atoms with van der Waals surface area (Å²) in [7, 11) is -19.0. The SMILES string of the molecule is O=S(=O)(c1cccc(S(=O)(=O)C(F)(F)C(F)(F)OC(F)(F)C(F)(F)S(=O)(=O)O)c1)c1ccc(Cl)cc1Cl. The molecule has 0 radical (unpaired) electrons. The molecule has 0 aromatic heterocycles. The molecule has 208 valence electrons. The Hall–Kier alpha value is -1.77. The molecule has 0 saturated carbocycles. The minimum absolute atomic E-state index is 0.0569. The third kappa shape index (κ3) is 5.39. The lowest BCUT2D eigenvalue weighted by atomic mass is 10.4. The summed E-state index contributed by atoms with van der Waals surface area (Å²) in [6, 6.07) is 3.82. The molecule has 37 heavy (non-hydrogen) atoms. The largest absolute Gasteiger partial charge is 0.460 e. The molecule has 2 rings (SSSR count). The second-order valence-corrected chi connectivity index (χ2v) is 12.9. The van der Waals surface area contributed by atoms with E-state index in [-0.39, 0.29) is 17.2 Å². The van der Waals surface area contributed by atoms with Gasteiger partial charge >= 0.3 is 32.8 Å². The van der Waals surface area contributed by atoms with Crippen LogP contribution in [-0.4, -0.2) is 52.5 Å². The number of rotatable bonds is 9. The van der Waals surface area contributed by atoms with E-state index in [0.29, 0.717) is 12.1 Å². The molecule has 0 aliphatic rings. The van der Waals surface area contributed by atoms with Crippen LogP contribution < -0.4 is 0 Å². The fraction of sp³-hybridized carbons (Fsp3) is 0.250. The van der Waals surface area contributed by atoms with Crippen LogP contribution in [0, 0.1) is 0 Å². The van der Waals surface area contributed by atoms with Gasteiger partial charge in [-0.2, -0.15) is 43.5 Å². The van der Waals surface area contributed by atoms with Crippen LogP contribution in [0.4, 0.5) is 35.1 Å². The van der Waals surface area contributed by atoms with Gasteiger partial charge in [0.15, 0.2) is 0 Å². The van der Waals surface area contributed by atoms with Gasteiger partial charge in [-0.3, -0.25) is 4.55 Å². The summed E-state index contributed by atoms with van der Waals surface area (Å²) in [5.74, 6) is 0. The zero-order valence-electron chi connectivity index (χ0n) is 16.9. The van der Waals surface area contributed by atoms with Crippen molar-refractivity contribution in [3.63, 3.8) is 0 Å². The fourth-order valence-electron chi connectivity index (χ4n) is 2.36. The highest BCUT2D eigenvalue weighted by atomic mass is 35.5. The molecule has 0 heterocycles. The van der Waals surface area contributed by atoms with Crippen molar-refractivity contribution in [3.8, 4) is 0 Å². The highest BCUT2D eigenvalue weighted by molar-refractivity contribution is 7.93. The van der Waals surface area contributed by atoms with Gasteiger partial charge in [-0.1, -0.05) is 29.3 Å². The van der Waals surface area contributed by atoms with Crippen LogP contribution in [0.2, 0.25) is 10.0 Å². The Bertz CT molecular complexity index is 1550. The summed E-state index contributed by atoms with van der Waals surface area (Å²) in [5.41, 5.74) is 0. The highest BCUT2D eigenvalue weighted by Crippen LogP contribution is 2.49. The maximum atomic E-state index is 14.3. The van der Waals surface area contributed by atoms with Crippen LogP contribution in [0.5, 0.6) is 0 Å². The van der Waals surface area contributed by atoms with E-state index in [4.69, 9.17) is 27.8 Å². The first-order valence-electron chi connectivity index (χ1n) is 8.56. The summed E-state index contributed by atoms with van der Waals surface area (Å²) in [6.45, 7) is 0. The Kier molecular flexibility index (Phi) is 8.04. The zero-order chi connectivity index (χ0) is 29.0. The van der Waals surface area contributed by atoms with Gasteiger partial charge in [0.1, 0.15) is 0 Å². The van der Waals surface area contributed by atoms with Gasteiger partial charge < -0.3 is 0 Å². The molecule has 0 aliphatic carbocycles. The van der Waals surface area contributed by atoms with Crippen LogP contribution in [0.3, 0.4) is 0 Å². The molecule has 0 spiro atoms. The van der Waals surface area contributed by atoms with Crippen LogP contribution in [-0.2, 0) is 34.5 Å². The molecule has 0 unspecified atom stereocenters. The maximum Gasteiger partial charge on any atom is 0.460 e. The van der Waals surface area contributed by atoms with Gasteiger partial charge in [-0.25, -0.2) is 21.6 Å². The monoisotopic (exact) mass is 646 g/mol. The smallest absolute Gasteiger partial charge is 0.281 e. The normalized spacial score (nSPS) is 14.6. The predicted molar refractivity (Wildman–Crippen MR) is 108 cm³/mol. The van der Waals surface area contributed by atoms with Gasteiger partial charge in [-0.05, 0) is 36.4 Å². The molecule has 0 amide bonds. The molecule has 21 heteroatoms. The number of ether oxygens (including phenoxy) is 1. The third-order valence-corrected chi connectivity index (χ3v) is 9.35. The van der Waals surface area contributed by atoms with Crippen molar-refractivity contribution < 1.29 is 69.7 Å². The number of hydrogen-bond donors (Lipinski definition) is 1. The molecule has 2 aromatic carbocycles. The van der Waals surface area contributed by atoms with Gasteiger partial charge in [0.2, 0.25) is 9.84 Å². The molecule has 0 atom stereocenters. The third-order valence-electron chi connectivity index (χ3n) is 4.21.